The number of nitrogens with one attached hydrogen (secondary N) is 1. The molecule has 0 fully saturated rings. The molecule has 2 aromatic carbocycles. The molecular weight excluding hydrogens is 430 g/mol. The van der Waals surface area contributed by atoms with Crippen LogP contribution in [0.25, 0.3) is 22.3 Å². The van der Waals surface area contributed by atoms with Crippen LogP contribution in [0.3, 0.4) is 0 Å². The highest BCUT2D eigenvalue weighted by Gasteiger charge is 2.26. The van der Waals surface area contributed by atoms with Crippen LogP contribution in [0.1, 0.15) is 24.1 Å². The number of hydrogen-bond acceptors (Lipinski definition) is 4. The van der Waals surface area contributed by atoms with Gasteiger partial charge in [0.2, 0.25) is 5.91 Å². The summed E-state index contributed by atoms with van der Waals surface area (Å²) >= 11 is 0. The van der Waals surface area contributed by atoms with Gasteiger partial charge < -0.3 is 20.1 Å². The quantitative estimate of drug-likeness (QED) is 0.353. The smallest absolute Gasteiger partial charge is 0.306 e. The highest BCUT2D eigenvalue weighted by molar-refractivity contribution is 5.85. The van der Waals surface area contributed by atoms with Crippen molar-refractivity contribution in [1.29, 1.82) is 0 Å². The Morgan fingerprint density at radius 3 is 2.09 bits per heavy atom. The van der Waals surface area contributed by atoms with Gasteiger partial charge in [0, 0.05) is 24.8 Å². The third-order valence-electron chi connectivity index (χ3n) is 5.68. The maximum atomic E-state index is 13.1. The van der Waals surface area contributed by atoms with E-state index < -0.39 is 24.0 Å². The van der Waals surface area contributed by atoms with E-state index in [0.717, 1.165) is 27.8 Å². The number of rotatable bonds is 9. The van der Waals surface area contributed by atoms with E-state index in [4.69, 9.17) is 0 Å². The fourth-order valence-electron chi connectivity index (χ4n) is 3.86. The van der Waals surface area contributed by atoms with E-state index in [0.29, 0.717) is 0 Å². The zero-order valence-electron chi connectivity index (χ0n) is 18.4. The molecule has 2 atom stereocenters. The summed E-state index contributed by atoms with van der Waals surface area (Å²) in [6.07, 6.45) is 6.58. The van der Waals surface area contributed by atoms with Gasteiger partial charge in [-0.25, -0.2) is 0 Å². The second-order valence-corrected chi connectivity index (χ2v) is 7.93. The number of pyridine rings is 1. The fraction of sp³-hybridized carbons (Fsp3) is 0.148. The van der Waals surface area contributed by atoms with Crippen LogP contribution in [0.5, 0.6) is 0 Å². The Labute approximate surface area is 197 Å². The number of carboxylic acids is 1. The third-order valence-corrected chi connectivity index (χ3v) is 5.68. The lowest BCUT2D eigenvalue weighted by Crippen LogP contribution is -2.37. The van der Waals surface area contributed by atoms with Crippen molar-refractivity contribution in [3.05, 3.63) is 103 Å². The number of hydrogen-bond donors (Lipinski definition) is 3. The van der Waals surface area contributed by atoms with Crippen LogP contribution in [-0.2, 0) is 9.59 Å². The van der Waals surface area contributed by atoms with Gasteiger partial charge in [0.1, 0.15) is 6.04 Å². The molecule has 1 amide bonds. The predicted molar refractivity (Wildman–Crippen MR) is 129 cm³/mol. The van der Waals surface area contributed by atoms with Crippen molar-refractivity contribution >= 4 is 11.9 Å². The van der Waals surface area contributed by atoms with Crippen molar-refractivity contribution in [3.63, 3.8) is 0 Å². The molecule has 172 valence electrons. The van der Waals surface area contributed by atoms with Crippen molar-refractivity contribution in [2.75, 3.05) is 6.61 Å². The standard InChI is InChI=1S/C27H25N3O4/c31-18-24(22-4-2-1-3-5-22)29-27(34)25(16-26(32)33)30-15-12-23(17-30)20-8-6-19(7-9-20)21-10-13-28-14-11-21/h1-15,17,24-25,31H,16,18H2,(H,29,34)(H,32,33). The van der Waals surface area contributed by atoms with E-state index in [1.807, 2.05) is 60.7 Å². The Kier molecular flexibility index (Phi) is 7.15. The summed E-state index contributed by atoms with van der Waals surface area (Å²) in [6.45, 7) is -0.295. The summed E-state index contributed by atoms with van der Waals surface area (Å²) in [6, 6.07) is 21.2. The molecule has 0 saturated heterocycles. The van der Waals surface area contributed by atoms with E-state index in [9.17, 15) is 19.8 Å². The Balaban J connectivity index is 1.54. The Morgan fingerprint density at radius 2 is 1.47 bits per heavy atom. The second-order valence-electron chi connectivity index (χ2n) is 7.93. The highest BCUT2D eigenvalue weighted by atomic mass is 16.4. The lowest BCUT2D eigenvalue weighted by Gasteiger charge is -2.22. The van der Waals surface area contributed by atoms with E-state index in [1.54, 1.807) is 41.5 Å². The molecule has 0 spiro atoms. The molecule has 2 heterocycles. The average Bonchev–Trinajstić information content (AvgIpc) is 3.37. The molecule has 7 heteroatoms. The van der Waals surface area contributed by atoms with Crippen LogP contribution in [0.4, 0.5) is 0 Å². The van der Waals surface area contributed by atoms with Crippen LogP contribution >= 0.6 is 0 Å². The van der Waals surface area contributed by atoms with Gasteiger partial charge in [-0.2, -0.15) is 0 Å². The van der Waals surface area contributed by atoms with Crippen molar-refractivity contribution in [1.82, 2.24) is 14.9 Å². The van der Waals surface area contributed by atoms with Crippen LogP contribution in [-0.4, -0.2) is 38.2 Å². The first kappa shape index (κ1) is 22.9. The molecule has 2 unspecified atom stereocenters. The molecule has 3 N–H and O–H groups in total. The number of amides is 1. The number of carbonyl (C=O) groups excluding carboxylic acids is 1. The molecular formula is C27H25N3O4. The lowest BCUT2D eigenvalue weighted by atomic mass is 10.0. The van der Waals surface area contributed by atoms with Gasteiger partial charge in [-0.05, 0) is 46.0 Å². The van der Waals surface area contributed by atoms with Gasteiger partial charge in [-0.1, -0.05) is 54.6 Å². The highest BCUT2D eigenvalue weighted by Crippen LogP contribution is 2.27. The lowest BCUT2D eigenvalue weighted by molar-refractivity contribution is -0.140. The largest absolute Gasteiger partial charge is 0.481 e. The number of nitrogens with zero attached hydrogens (tertiary/aromatic N) is 2. The van der Waals surface area contributed by atoms with Gasteiger partial charge in [-0.3, -0.25) is 14.6 Å². The average molecular weight is 456 g/mol. The minimum absolute atomic E-state index is 0.295. The first-order valence-electron chi connectivity index (χ1n) is 10.9. The van der Waals surface area contributed by atoms with E-state index in [2.05, 4.69) is 10.3 Å². The van der Waals surface area contributed by atoms with Crippen molar-refractivity contribution in [3.8, 4) is 22.3 Å². The number of aliphatic hydroxyl groups excluding tert-OH is 1. The van der Waals surface area contributed by atoms with Gasteiger partial charge in [-0.15, -0.1) is 0 Å². The van der Waals surface area contributed by atoms with Crippen LogP contribution in [0, 0.1) is 0 Å². The van der Waals surface area contributed by atoms with Crippen molar-refractivity contribution < 1.29 is 19.8 Å². The summed E-state index contributed by atoms with van der Waals surface area (Å²) in [5, 5.41) is 22.0. The van der Waals surface area contributed by atoms with Crippen LogP contribution in [0.15, 0.2) is 97.6 Å². The topological polar surface area (TPSA) is 104 Å². The maximum absolute atomic E-state index is 13.1. The van der Waals surface area contributed by atoms with Crippen LogP contribution in [0.2, 0.25) is 0 Å². The molecule has 4 aromatic rings. The number of carboxylic acid groups (broad SMARTS) is 1. The minimum atomic E-state index is -1.09. The molecule has 4 rings (SSSR count). The van der Waals surface area contributed by atoms with E-state index in [1.165, 1.54) is 0 Å². The van der Waals surface area contributed by atoms with Gasteiger partial charge in [0.25, 0.3) is 0 Å². The Hall–Kier alpha value is -4.23. The summed E-state index contributed by atoms with van der Waals surface area (Å²) in [4.78, 5) is 28.6. The van der Waals surface area contributed by atoms with E-state index >= 15 is 0 Å². The van der Waals surface area contributed by atoms with Crippen LogP contribution < -0.4 is 5.32 Å². The normalized spacial score (nSPS) is 12.6. The molecule has 2 aromatic heterocycles. The SMILES string of the molecule is O=C(O)CC(C(=O)NC(CO)c1ccccc1)n1ccc(-c2ccc(-c3ccncc3)cc2)c1. The summed E-state index contributed by atoms with van der Waals surface area (Å²) in [5.74, 6) is -1.56. The first-order valence-corrected chi connectivity index (χ1v) is 10.9. The molecule has 0 aliphatic heterocycles. The monoisotopic (exact) mass is 455 g/mol. The predicted octanol–water partition coefficient (Wildman–Crippen LogP) is 4.08. The number of aliphatic hydroxyl groups is 1. The molecule has 0 bridgehead atoms. The molecule has 34 heavy (non-hydrogen) atoms. The minimum Gasteiger partial charge on any atom is -0.481 e. The molecule has 0 aliphatic rings. The molecule has 0 aliphatic carbocycles. The number of benzene rings is 2. The third kappa shape index (κ3) is 5.39. The number of aliphatic carboxylic acids is 1. The van der Waals surface area contributed by atoms with E-state index in [-0.39, 0.29) is 13.0 Å². The molecule has 7 nitrogen and oxygen atoms in total. The zero-order valence-corrected chi connectivity index (χ0v) is 18.4. The van der Waals surface area contributed by atoms with Crippen molar-refractivity contribution in [2.24, 2.45) is 0 Å². The Bertz CT molecular complexity index is 1240. The fourth-order valence-corrected chi connectivity index (χ4v) is 3.86. The van der Waals surface area contributed by atoms with Gasteiger partial charge >= 0.3 is 5.97 Å². The Morgan fingerprint density at radius 1 is 0.853 bits per heavy atom. The summed E-state index contributed by atoms with van der Waals surface area (Å²) in [5.41, 5.74) is 4.68. The molecule has 0 radical (unpaired) electrons. The first-order chi connectivity index (χ1) is 16.5. The molecule has 0 saturated carbocycles. The number of carbonyl (C=O) groups is 2. The zero-order chi connectivity index (χ0) is 23.9. The maximum Gasteiger partial charge on any atom is 0.306 e. The summed E-state index contributed by atoms with van der Waals surface area (Å²) < 4.78 is 1.61. The number of aromatic nitrogens is 2. The van der Waals surface area contributed by atoms with Gasteiger partial charge in [0.15, 0.2) is 0 Å². The van der Waals surface area contributed by atoms with Gasteiger partial charge in [0.05, 0.1) is 19.1 Å². The van der Waals surface area contributed by atoms with Crippen molar-refractivity contribution in [2.45, 2.75) is 18.5 Å². The second kappa shape index (κ2) is 10.6. The summed E-state index contributed by atoms with van der Waals surface area (Å²) in [7, 11) is 0.